The Labute approximate surface area is 124 Å². The van der Waals surface area contributed by atoms with E-state index in [1.165, 1.54) is 0 Å². The van der Waals surface area contributed by atoms with E-state index in [0.717, 1.165) is 11.9 Å². The van der Waals surface area contributed by atoms with Gasteiger partial charge in [-0.25, -0.2) is 4.98 Å². The summed E-state index contributed by atoms with van der Waals surface area (Å²) in [5, 5.41) is 2.84. The van der Waals surface area contributed by atoms with Crippen LogP contribution in [-0.2, 0) is 11.3 Å². The molecule has 0 saturated carbocycles. The van der Waals surface area contributed by atoms with Gasteiger partial charge in [0.25, 0.3) is 0 Å². The first-order valence-corrected chi connectivity index (χ1v) is 7.21. The number of nitrogens with two attached hydrogens (primary N) is 1. The number of hydrogen-bond acceptors (Lipinski definition) is 4. The van der Waals surface area contributed by atoms with Crippen LogP contribution in [0.2, 0.25) is 0 Å². The smallest absolute Gasteiger partial charge is 0.240 e. The van der Waals surface area contributed by atoms with Crippen molar-refractivity contribution in [1.29, 1.82) is 0 Å². The number of imidazole rings is 1. The molecule has 1 heterocycles. The molecule has 2 aromatic rings. The van der Waals surface area contributed by atoms with Crippen LogP contribution >= 0.6 is 0 Å². The molecular formula is C15H22N4O2. The molecule has 114 valence electrons. The number of aromatic nitrogens is 2. The lowest BCUT2D eigenvalue weighted by molar-refractivity contribution is -0.121. The van der Waals surface area contributed by atoms with Crippen molar-refractivity contribution in [2.45, 2.75) is 39.8 Å². The number of carbonyl (C=O) groups excluding carboxylic acids is 1. The van der Waals surface area contributed by atoms with E-state index in [4.69, 9.17) is 10.5 Å². The largest absolute Gasteiger partial charge is 0.489 e. The van der Waals surface area contributed by atoms with Crippen molar-refractivity contribution in [2.75, 3.05) is 12.3 Å². The molecule has 0 spiro atoms. The van der Waals surface area contributed by atoms with Crippen molar-refractivity contribution in [1.82, 2.24) is 14.9 Å². The van der Waals surface area contributed by atoms with Gasteiger partial charge in [-0.3, -0.25) is 4.79 Å². The highest BCUT2D eigenvalue weighted by Gasteiger charge is 2.15. The van der Waals surface area contributed by atoms with Crippen molar-refractivity contribution < 1.29 is 9.53 Å². The Bertz CT molecular complexity index is 634. The quantitative estimate of drug-likeness (QED) is 0.851. The van der Waals surface area contributed by atoms with E-state index >= 15 is 0 Å². The Morgan fingerprint density at radius 3 is 2.90 bits per heavy atom. The van der Waals surface area contributed by atoms with E-state index in [-0.39, 0.29) is 18.6 Å². The van der Waals surface area contributed by atoms with E-state index in [2.05, 4.69) is 10.3 Å². The molecule has 1 aromatic carbocycles. The maximum absolute atomic E-state index is 11.9. The number of carbonyl (C=O) groups is 1. The fourth-order valence-corrected chi connectivity index (χ4v) is 2.12. The van der Waals surface area contributed by atoms with Crippen LogP contribution in [0.3, 0.4) is 0 Å². The third-order valence-corrected chi connectivity index (χ3v) is 3.01. The summed E-state index contributed by atoms with van der Waals surface area (Å²) < 4.78 is 7.44. The van der Waals surface area contributed by atoms with E-state index in [1.54, 1.807) is 4.57 Å². The molecule has 0 aliphatic rings. The Hall–Kier alpha value is -2.24. The van der Waals surface area contributed by atoms with Gasteiger partial charge in [-0.05, 0) is 32.4 Å². The molecule has 0 fully saturated rings. The third-order valence-electron chi connectivity index (χ3n) is 3.01. The molecule has 1 amide bonds. The first kappa shape index (κ1) is 15.2. The van der Waals surface area contributed by atoms with Crippen molar-refractivity contribution in [2.24, 2.45) is 0 Å². The lowest BCUT2D eigenvalue weighted by Crippen LogP contribution is -2.28. The molecule has 0 saturated heterocycles. The van der Waals surface area contributed by atoms with Crippen molar-refractivity contribution in [3.05, 3.63) is 18.2 Å². The number of para-hydroxylation sites is 1. The molecule has 0 unspecified atom stereocenters. The summed E-state index contributed by atoms with van der Waals surface area (Å²) >= 11 is 0. The van der Waals surface area contributed by atoms with Gasteiger partial charge < -0.3 is 20.4 Å². The summed E-state index contributed by atoms with van der Waals surface area (Å²) in [6, 6.07) is 5.62. The van der Waals surface area contributed by atoms with Crippen LogP contribution in [0.25, 0.3) is 11.0 Å². The number of nitrogens with zero attached hydrogens (tertiary/aromatic N) is 2. The SMILES string of the molecule is CCCNC(=O)Cn1c(N)nc2c(OC(C)C)cccc21. The summed E-state index contributed by atoms with van der Waals surface area (Å²) in [5.41, 5.74) is 7.44. The molecule has 0 radical (unpaired) electrons. The summed E-state index contributed by atoms with van der Waals surface area (Å²) in [6.45, 7) is 6.74. The molecule has 1 aromatic heterocycles. The van der Waals surface area contributed by atoms with Gasteiger partial charge in [-0.2, -0.15) is 0 Å². The van der Waals surface area contributed by atoms with E-state index in [9.17, 15) is 4.79 Å². The lowest BCUT2D eigenvalue weighted by atomic mass is 10.3. The Kier molecular flexibility index (Phi) is 4.67. The number of amides is 1. The fraction of sp³-hybridized carbons (Fsp3) is 0.467. The average molecular weight is 290 g/mol. The lowest BCUT2D eigenvalue weighted by Gasteiger charge is -2.10. The summed E-state index contributed by atoms with van der Waals surface area (Å²) in [6.07, 6.45) is 0.952. The highest BCUT2D eigenvalue weighted by Crippen LogP contribution is 2.27. The molecule has 0 bridgehead atoms. The minimum Gasteiger partial charge on any atom is -0.489 e. The van der Waals surface area contributed by atoms with Crippen molar-refractivity contribution >= 4 is 22.9 Å². The Morgan fingerprint density at radius 1 is 1.48 bits per heavy atom. The molecule has 2 rings (SSSR count). The highest BCUT2D eigenvalue weighted by atomic mass is 16.5. The van der Waals surface area contributed by atoms with Crippen LogP contribution < -0.4 is 15.8 Å². The number of ether oxygens (including phenoxy) is 1. The minimum absolute atomic E-state index is 0.0508. The zero-order valence-corrected chi connectivity index (χ0v) is 12.7. The van der Waals surface area contributed by atoms with Crippen LogP contribution in [0.1, 0.15) is 27.2 Å². The number of hydrogen-bond donors (Lipinski definition) is 2. The number of benzene rings is 1. The summed E-state index contributed by atoms with van der Waals surface area (Å²) in [4.78, 5) is 16.2. The molecule has 3 N–H and O–H groups in total. The Balaban J connectivity index is 2.32. The molecular weight excluding hydrogens is 268 g/mol. The van der Waals surface area contributed by atoms with Gasteiger partial charge in [0.05, 0.1) is 11.6 Å². The average Bonchev–Trinajstić information content (AvgIpc) is 2.74. The molecule has 0 aliphatic heterocycles. The van der Waals surface area contributed by atoms with Crippen LogP contribution in [0.15, 0.2) is 18.2 Å². The van der Waals surface area contributed by atoms with Gasteiger partial charge in [0.2, 0.25) is 11.9 Å². The van der Waals surface area contributed by atoms with Crippen LogP contribution in [0, 0.1) is 0 Å². The van der Waals surface area contributed by atoms with Gasteiger partial charge in [0.15, 0.2) is 0 Å². The topological polar surface area (TPSA) is 82.2 Å². The Morgan fingerprint density at radius 2 is 2.24 bits per heavy atom. The molecule has 21 heavy (non-hydrogen) atoms. The number of rotatable bonds is 6. The third kappa shape index (κ3) is 3.45. The normalized spacial score (nSPS) is 11.0. The van der Waals surface area contributed by atoms with Gasteiger partial charge in [-0.15, -0.1) is 0 Å². The van der Waals surface area contributed by atoms with E-state index in [1.807, 2.05) is 39.0 Å². The second-order valence-electron chi connectivity index (χ2n) is 5.20. The second-order valence-corrected chi connectivity index (χ2v) is 5.20. The van der Waals surface area contributed by atoms with Crippen LogP contribution in [-0.4, -0.2) is 28.1 Å². The first-order chi connectivity index (χ1) is 10.0. The monoisotopic (exact) mass is 290 g/mol. The number of nitrogen functional groups attached to an aromatic ring is 1. The molecule has 0 atom stereocenters. The van der Waals surface area contributed by atoms with Crippen LogP contribution in [0.4, 0.5) is 5.95 Å². The van der Waals surface area contributed by atoms with E-state index in [0.29, 0.717) is 23.8 Å². The van der Waals surface area contributed by atoms with Gasteiger partial charge in [-0.1, -0.05) is 13.0 Å². The van der Waals surface area contributed by atoms with Crippen molar-refractivity contribution in [3.63, 3.8) is 0 Å². The van der Waals surface area contributed by atoms with Gasteiger partial charge in [0, 0.05) is 6.54 Å². The predicted octanol–water partition coefficient (Wildman–Crippen LogP) is 1.93. The van der Waals surface area contributed by atoms with Gasteiger partial charge in [0.1, 0.15) is 17.8 Å². The number of anilines is 1. The second kappa shape index (κ2) is 6.47. The van der Waals surface area contributed by atoms with E-state index < -0.39 is 0 Å². The number of nitrogens with one attached hydrogen (secondary N) is 1. The molecule has 0 aliphatic carbocycles. The van der Waals surface area contributed by atoms with Crippen LogP contribution in [0.5, 0.6) is 5.75 Å². The van der Waals surface area contributed by atoms with Gasteiger partial charge >= 0.3 is 0 Å². The minimum atomic E-state index is -0.0713. The molecule has 6 nitrogen and oxygen atoms in total. The highest BCUT2D eigenvalue weighted by molar-refractivity contribution is 5.86. The molecule has 6 heteroatoms. The number of fused-ring (bicyclic) bond motifs is 1. The standard InChI is InChI=1S/C15H22N4O2/c1-4-8-17-13(20)9-19-11-6-5-7-12(21-10(2)3)14(11)18-15(19)16/h5-7,10H,4,8-9H2,1-3H3,(H2,16,18)(H,17,20). The zero-order valence-electron chi connectivity index (χ0n) is 12.7. The zero-order chi connectivity index (χ0) is 15.4. The summed E-state index contributed by atoms with van der Waals surface area (Å²) in [7, 11) is 0. The summed E-state index contributed by atoms with van der Waals surface area (Å²) in [5.74, 6) is 0.927. The maximum atomic E-state index is 11.9. The predicted molar refractivity (Wildman–Crippen MR) is 83.2 cm³/mol. The first-order valence-electron chi connectivity index (χ1n) is 7.21. The van der Waals surface area contributed by atoms with Crippen molar-refractivity contribution in [3.8, 4) is 5.75 Å². The fourth-order valence-electron chi connectivity index (χ4n) is 2.12. The maximum Gasteiger partial charge on any atom is 0.240 e.